The summed E-state index contributed by atoms with van der Waals surface area (Å²) in [5.74, 6) is -0.150. The van der Waals surface area contributed by atoms with Crippen molar-refractivity contribution in [3.05, 3.63) is 12.2 Å². The Kier molecular flexibility index (Phi) is 44.0. The Labute approximate surface area is 338 Å². The SMILES string of the molecule is CCCCCCCC/C=C/CCCC(O)C(O)C(CO)NC(=O)CCCCCCCCCCCCCCCCCCCCCCCCCCCCCCC. The zero-order valence-electron chi connectivity index (χ0n) is 36.6. The quantitative estimate of drug-likeness (QED) is 0.0367. The minimum absolute atomic E-state index is 0.150. The fraction of sp³-hybridized carbons (Fsp3) is 0.939. The van der Waals surface area contributed by atoms with Crippen LogP contribution in [0.25, 0.3) is 0 Å². The van der Waals surface area contributed by atoms with Crippen LogP contribution in [0.3, 0.4) is 0 Å². The summed E-state index contributed by atoms with van der Waals surface area (Å²) in [6.45, 7) is 4.17. The summed E-state index contributed by atoms with van der Waals surface area (Å²) in [5, 5.41) is 33.4. The van der Waals surface area contributed by atoms with Crippen LogP contribution in [0.4, 0.5) is 0 Å². The summed E-state index contributed by atoms with van der Waals surface area (Å²) in [6.07, 6.45) is 53.6. The Bertz CT molecular complexity index is 758. The van der Waals surface area contributed by atoms with Gasteiger partial charge in [-0.05, 0) is 38.5 Å². The minimum Gasteiger partial charge on any atom is -0.394 e. The van der Waals surface area contributed by atoms with Gasteiger partial charge in [-0.3, -0.25) is 4.79 Å². The van der Waals surface area contributed by atoms with Crippen molar-refractivity contribution >= 4 is 5.91 Å². The lowest BCUT2D eigenvalue weighted by molar-refractivity contribution is -0.124. The number of allylic oxidation sites excluding steroid dienone is 2. The number of amides is 1. The molecule has 0 fully saturated rings. The summed E-state index contributed by atoms with van der Waals surface area (Å²) < 4.78 is 0. The molecule has 0 saturated heterocycles. The van der Waals surface area contributed by atoms with Gasteiger partial charge in [-0.15, -0.1) is 0 Å². The van der Waals surface area contributed by atoms with Crippen LogP contribution in [0.1, 0.15) is 271 Å². The van der Waals surface area contributed by atoms with Gasteiger partial charge in [-0.25, -0.2) is 0 Å². The maximum Gasteiger partial charge on any atom is 0.220 e. The van der Waals surface area contributed by atoms with Gasteiger partial charge in [-0.1, -0.05) is 238 Å². The molecular weight excluding hydrogens is 667 g/mol. The van der Waals surface area contributed by atoms with E-state index in [1.807, 2.05) is 0 Å². The number of nitrogens with one attached hydrogen (secondary N) is 1. The molecule has 0 aromatic carbocycles. The number of carbonyl (C=O) groups is 1. The molecule has 0 aliphatic carbocycles. The molecule has 0 bridgehead atoms. The van der Waals surface area contributed by atoms with Gasteiger partial charge >= 0.3 is 0 Å². The van der Waals surface area contributed by atoms with Gasteiger partial charge in [0.2, 0.25) is 5.91 Å². The standard InChI is InChI=1S/C49H97NO4/c1-3-5-7-9-11-13-15-16-17-18-19-20-21-22-23-24-25-26-27-28-29-30-31-32-34-36-38-40-42-44-48(53)50-46(45-51)49(54)47(52)43-41-39-37-35-33-14-12-10-8-6-4-2/h35,37,46-47,49,51-52,54H,3-34,36,38-45H2,1-2H3,(H,50,53)/b37-35+. The summed E-state index contributed by atoms with van der Waals surface area (Å²) in [4.78, 5) is 12.4. The van der Waals surface area contributed by atoms with Gasteiger partial charge in [-0.2, -0.15) is 0 Å². The number of unbranched alkanes of at least 4 members (excludes halogenated alkanes) is 35. The molecule has 0 aromatic heterocycles. The molecule has 3 unspecified atom stereocenters. The van der Waals surface area contributed by atoms with Crippen molar-refractivity contribution in [3.8, 4) is 0 Å². The van der Waals surface area contributed by atoms with Crippen molar-refractivity contribution in [1.82, 2.24) is 5.32 Å². The molecule has 0 heterocycles. The van der Waals surface area contributed by atoms with E-state index in [0.717, 1.165) is 38.5 Å². The van der Waals surface area contributed by atoms with Crippen LogP contribution in [0.2, 0.25) is 0 Å². The second-order valence-corrected chi connectivity index (χ2v) is 17.0. The third-order valence-electron chi connectivity index (χ3n) is 11.6. The number of hydrogen-bond donors (Lipinski definition) is 4. The van der Waals surface area contributed by atoms with Crippen molar-refractivity contribution in [1.29, 1.82) is 0 Å². The summed E-state index contributed by atoms with van der Waals surface area (Å²) in [7, 11) is 0. The number of rotatable bonds is 45. The zero-order valence-corrected chi connectivity index (χ0v) is 36.6. The molecule has 322 valence electrons. The van der Waals surface area contributed by atoms with E-state index in [4.69, 9.17) is 0 Å². The summed E-state index contributed by atoms with van der Waals surface area (Å²) >= 11 is 0. The summed E-state index contributed by atoms with van der Waals surface area (Å²) in [6, 6.07) is -0.820. The largest absolute Gasteiger partial charge is 0.394 e. The molecule has 1 amide bonds. The average Bonchev–Trinajstić information content (AvgIpc) is 3.18. The maximum absolute atomic E-state index is 12.4. The molecule has 5 nitrogen and oxygen atoms in total. The third kappa shape index (κ3) is 39.3. The number of hydrogen-bond acceptors (Lipinski definition) is 4. The fourth-order valence-electron chi connectivity index (χ4n) is 7.81. The predicted molar refractivity (Wildman–Crippen MR) is 236 cm³/mol. The Morgan fingerprint density at radius 3 is 1.07 bits per heavy atom. The molecule has 54 heavy (non-hydrogen) atoms. The number of aliphatic hydroxyl groups is 3. The molecule has 0 aliphatic rings. The van der Waals surface area contributed by atoms with E-state index < -0.39 is 18.2 Å². The van der Waals surface area contributed by atoms with Gasteiger partial charge < -0.3 is 20.6 Å². The van der Waals surface area contributed by atoms with E-state index in [1.54, 1.807) is 0 Å². The maximum atomic E-state index is 12.4. The van der Waals surface area contributed by atoms with Crippen LogP contribution in [-0.4, -0.2) is 46.1 Å². The van der Waals surface area contributed by atoms with Gasteiger partial charge in [0, 0.05) is 6.42 Å². The molecule has 0 spiro atoms. The zero-order chi connectivity index (χ0) is 39.4. The van der Waals surface area contributed by atoms with Crippen molar-refractivity contribution in [2.45, 2.75) is 289 Å². The van der Waals surface area contributed by atoms with Crippen LogP contribution in [0.15, 0.2) is 12.2 Å². The van der Waals surface area contributed by atoms with Gasteiger partial charge in [0.15, 0.2) is 0 Å². The van der Waals surface area contributed by atoms with Crippen LogP contribution < -0.4 is 5.32 Å². The molecular formula is C49H97NO4. The Hall–Kier alpha value is -0.910. The van der Waals surface area contributed by atoms with E-state index >= 15 is 0 Å². The molecule has 0 aliphatic heterocycles. The lowest BCUT2D eigenvalue weighted by atomic mass is 10.0. The fourth-order valence-corrected chi connectivity index (χ4v) is 7.81. The first-order valence-electron chi connectivity index (χ1n) is 24.5. The summed E-state index contributed by atoms with van der Waals surface area (Å²) in [5.41, 5.74) is 0. The predicted octanol–water partition coefficient (Wildman–Crippen LogP) is 14.4. The van der Waals surface area contributed by atoms with Crippen molar-refractivity contribution in [3.63, 3.8) is 0 Å². The van der Waals surface area contributed by atoms with Gasteiger partial charge in [0.1, 0.15) is 6.10 Å². The van der Waals surface area contributed by atoms with E-state index in [-0.39, 0.29) is 12.5 Å². The molecule has 5 heteroatoms. The highest BCUT2D eigenvalue weighted by atomic mass is 16.3. The average molecular weight is 764 g/mol. The first-order valence-corrected chi connectivity index (χ1v) is 24.5. The highest BCUT2D eigenvalue weighted by molar-refractivity contribution is 5.76. The van der Waals surface area contributed by atoms with E-state index in [2.05, 4.69) is 31.3 Å². The monoisotopic (exact) mass is 764 g/mol. The number of aliphatic hydroxyl groups excluding tert-OH is 3. The first kappa shape index (κ1) is 53.1. The normalized spacial score (nSPS) is 13.5. The van der Waals surface area contributed by atoms with E-state index in [9.17, 15) is 20.1 Å². The van der Waals surface area contributed by atoms with Crippen LogP contribution in [-0.2, 0) is 4.79 Å². The lowest BCUT2D eigenvalue weighted by Gasteiger charge is -2.26. The molecule has 0 aromatic rings. The lowest BCUT2D eigenvalue weighted by Crippen LogP contribution is -2.50. The molecule has 0 saturated carbocycles. The van der Waals surface area contributed by atoms with Crippen LogP contribution >= 0.6 is 0 Å². The second-order valence-electron chi connectivity index (χ2n) is 17.0. The van der Waals surface area contributed by atoms with Crippen molar-refractivity contribution in [2.24, 2.45) is 0 Å². The van der Waals surface area contributed by atoms with E-state index in [0.29, 0.717) is 12.8 Å². The van der Waals surface area contributed by atoms with E-state index in [1.165, 1.54) is 205 Å². The Morgan fingerprint density at radius 2 is 0.741 bits per heavy atom. The Morgan fingerprint density at radius 1 is 0.444 bits per heavy atom. The smallest absolute Gasteiger partial charge is 0.220 e. The van der Waals surface area contributed by atoms with Crippen molar-refractivity contribution in [2.75, 3.05) is 6.61 Å². The highest BCUT2D eigenvalue weighted by Crippen LogP contribution is 2.17. The third-order valence-corrected chi connectivity index (χ3v) is 11.6. The Balaban J connectivity index is 3.47. The first-order chi connectivity index (χ1) is 26.6. The molecule has 3 atom stereocenters. The topological polar surface area (TPSA) is 89.8 Å². The molecule has 4 N–H and O–H groups in total. The van der Waals surface area contributed by atoms with Crippen molar-refractivity contribution < 1.29 is 20.1 Å². The molecule has 0 rings (SSSR count). The van der Waals surface area contributed by atoms with Gasteiger partial charge in [0.25, 0.3) is 0 Å². The van der Waals surface area contributed by atoms with Crippen LogP contribution in [0, 0.1) is 0 Å². The minimum atomic E-state index is -1.15. The number of carbonyl (C=O) groups excluding carboxylic acids is 1. The van der Waals surface area contributed by atoms with Gasteiger partial charge in [0.05, 0.1) is 18.8 Å². The molecule has 0 radical (unpaired) electrons. The van der Waals surface area contributed by atoms with Crippen LogP contribution in [0.5, 0.6) is 0 Å². The second kappa shape index (κ2) is 44.8. The highest BCUT2D eigenvalue weighted by Gasteiger charge is 2.26.